The number of nitrogens with zero attached hydrogens (tertiary/aromatic N) is 2. The largest absolute Gasteiger partial charge is 0.324 e. The summed E-state index contributed by atoms with van der Waals surface area (Å²) in [6.45, 7) is 5.54. The van der Waals surface area contributed by atoms with Crippen molar-refractivity contribution in [2.24, 2.45) is 0 Å². The summed E-state index contributed by atoms with van der Waals surface area (Å²) >= 11 is 1.76. The number of fused-ring (bicyclic) bond motifs is 1. The van der Waals surface area contributed by atoms with Crippen molar-refractivity contribution in [2.75, 3.05) is 18.4 Å². The van der Waals surface area contributed by atoms with Gasteiger partial charge in [0.05, 0.1) is 22.8 Å². The predicted molar refractivity (Wildman–Crippen MR) is 117 cm³/mol. The number of aryl methyl sites for hydroxylation is 2. The average molecular weight is 394 g/mol. The Labute approximate surface area is 170 Å². The molecule has 1 aliphatic heterocycles. The molecule has 0 aliphatic carbocycles. The van der Waals surface area contributed by atoms with Crippen LogP contribution in [-0.4, -0.2) is 28.9 Å². The Balaban J connectivity index is 1.51. The summed E-state index contributed by atoms with van der Waals surface area (Å²) in [5, 5.41) is 4.32. The second kappa shape index (κ2) is 8.41. The van der Waals surface area contributed by atoms with Gasteiger partial charge in [0.2, 0.25) is 5.91 Å². The molecule has 5 heteroatoms. The van der Waals surface area contributed by atoms with Crippen molar-refractivity contribution in [3.63, 3.8) is 0 Å². The molecule has 3 aromatic rings. The van der Waals surface area contributed by atoms with E-state index in [-0.39, 0.29) is 11.9 Å². The molecule has 28 heavy (non-hydrogen) atoms. The van der Waals surface area contributed by atoms with Gasteiger partial charge in [0.15, 0.2) is 0 Å². The molecule has 1 saturated heterocycles. The fourth-order valence-corrected chi connectivity index (χ4v) is 5.20. The SMILES string of the molecule is CCc1cccc(C)c1NC(=O)CN1CCCC[C@H]1c1nc2ccccc2s1. The number of hydrogen-bond acceptors (Lipinski definition) is 4. The lowest BCUT2D eigenvalue weighted by Crippen LogP contribution is -2.39. The van der Waals surface area contributed by atoms with Crippen LogP contribution in [0.15, 0.2) is 42.5 Å². The summed E-state index contributed by atoms with van der Waals surface area (Å²) in [6, 6.07) is 14.7. The molecule has 1 amide bonds. The molecule has 0 unspecified atom stereocenters. The third-order valence-electron chi connectivity index (χ3n) is 5.56. The number of aromatic nitrogens is 1. The van der Waals surface area contributed by atoms with E-state index in [1.165, 1.54) is 16.7 Å². The zero-order valence-electron chi connectivity index (χ0n) is 16.6. The van der Waals surface area contributed by atoms with Crippen LogP contribution >= 0.6 is 11.3 Å². The average Bonchev–Trinajstić information content (AvgIpc) is 3.14. The van der Waals surface area contributed by atoms with E-state index in [0.29, 0.717) is 6.54 Å². The zero-order chi connectivity index (χ0) is 19.5. The molecular formula is C23H27N3OS. The molecule has 0 saturated carbocycles. The van der Waals surface area contributed by atoms with Crippen molar-refractivity contribution in [3.8, 4) is 0 Å². The smallest absolute Gasteiger partial charge is 0.238 e. The van der Waals surface area contributed by atoms with Gasteiger partial charge < -0.3 is 5.32 Å². The zero-order valence-corrected chi connectivity index (χ0v) is 17.4. The van der Waals surface area contributed by atoms with Crippen LogP contribution in [0.2, 0.25) is 0 Å². The summed E-state index contributed by atoms with van der Waals surface area (Å²) in [5.41, 5.74) is 4.34. The van der Waals surface area contributed by atoms with E-state index in [0.717, 1.165) is 47.6 Å². The fraction of sp³-hybridized carbons (Fsp3) is 0.391. The molecule has 0 radical (unpaired) electrons. The van der Waals surface area contributed by atoms with Gasteiger partial charge in [-0.25, -0.2) is 4.98 Å². The molecule has 2 heterocycles. The van der Waals surface area contributed by atoms with Crippen molar-refractivity contribution >= 4 is 33.1 Å². The van der Waals surface area contributed by atoms with Gasteiger partial charge in [-0.3, -0.25) is 9.69 Å². The molecule has 1 aromatic heterocycles. The van der Waals surface area contributed by atoms with Crippen molar-refractivity contribution < 1.29 is 4.79 Å². The number of anilines is 1. The first-order valence-electron chi connectivity index (χ1n) is 10.1. The highest BCUT2D eigenvalue weighted by Gasteiger charge is 2.28. The van der Waals surface area contributed by atoms with Crippen LogP contribution < -0.4 is 5.32 Å². The topological polar surface area (TPSA) is 45.2 Å². The summed E-state index contributed by atoms with van der Waals surface area (Å²) in [6.07, 6.45) is 4.31. The highest BCUT2D eigenvalue weighted by Crippen LogP contribution is 2.35. The van der Waals surface area contributed by atoms with Gasteiger partial charge in [0.25, 0.3) is 0 Å². The van der Waals surface area contributed by atoms with E-state index in [2.05, 4.69) is 60.5 Å². The first-order chi connectivity index (χ1) is 13.7. The van der Waals surface area contributed by atoms with Gasteiger partial charge in [0.1, 0.15) is 5.01 Å². The maximum atomic E-state index is 12.9. The van der Waals surface area contributed by atoms with Crippen molar-refractivity contribution in [1.29, 1.82) is 0 Å². The van der Waals surface area contributed by atoms with Crippen LogP contribution in [0, 0.1) is 6.92 Å². The van der Waals surface area contributed by atoms with Crippen LogP contribution in [0.25, 0.3) is 10.2 Å². The fourth-order valence-electron chi connectivity index (χ4n) is 4.06. The van der Waals surface area contributed by atoms with Crippen LogP contribution in [-0.2, 0) is 11.2 Å². The summed E-state index contributed by atoms with van der Waals surface area (Å²) in [4.78, 5) is 20.1. The molecule has 0 spiro atoms. The monoisotopic (exact) mass is 393 g/mol. The number of amides is 1. The molecule has 1 aliphatic rings. The van der Waals surface area contributed by atoms with Crippen molar-refractivity contribution in [1.82, 2.24) is 9.88 Å². The summed E-state index contributed by atoms with van der Waals surface area (Å²) in [7, 11) is 0. The Hall–Kier alpha value is -2.24. The predicted octanol–water partition coefficient (Wildman–Crippen LogP) is 5.33. The van der Waals surface area contributed by atoms with E-state index in [1.54, 1.807) is 11.3 Å². The minimum atomic E-state index is 0.0667. The van der Waals surface area contributed by atoms with Gasteiger partial charge in [-0.15, -0.1) is 11.3 Å². The van der Waals surface area contributed by atoms with Crippen LogP contribution in [0.4, 0.5) is 5.69 Å². The number of benzene rings is 2. The van der Waals surface area contributed by atoms with E-state index in [1.807, 2.05) is 6.07 Å². The van der Waals surface area contributed by atoms with E-state index >= 15 is 0 Å². The van der Waals surface area contributed by atoms with E-state index < -0.39 is 0 Å². The molecule has 146 valence electrons. The second-order valence-electron chi connectivity index (χ2n) is 7.51. The van der Waals surface area contributed by atoms with Crippen LogP contribution in [0.5, 0.6) is 0 Å². The van der Waals surface area contributed by atoms with E-state index in [9.17, 15) is 4.79 Å². The number of thiazole rings is 1. The Kier molecular flexibility index (Phi) is 5.74. The number of carbonyl (C=O) groups excluding carboxylic acids is 1. The molecule has 1 fully saturated rings. The second-order valence-corrected chi connectivity index (χ2v) is 8.57. The Morgan fingerprint density at radius 1 is 1.21 bits per heavy atom. The van der Waals surface area contributed by atoms with Crippen LogP contribution in [0.3, 0.4) is 0 Å². The Morgan fingerprint density at radius 3 is 2.89 bits per heavy atom. The molecule has 1 N–H and O–H groups in total. The first-order valence-corrected chi connectivity index (χ1v) is 10.9. The number of piperidine rings is 1. The molecule has 4 nitrogen and oxygen atoms in total. The third-order valence-corrected chi connectivity index (χ3v) is 6.70. The Morgan fingerprint density at radius 2 is 2.07 bits per heavy atom. The lowest BCUT2D eigenvalue weighted by Gasteiger charge is -2.34. The van der Waals surface area contributed by atoms with Gasteiger partial charge in [-0.05, 0) is 56.0 Å². The lowest BCUT2D eigenvalue weighted by molar-refractivity contribution is -0.118. The lowest BCUT2D eigenvalue weighted by atomic mass is 10.0. The van der Waals surface area contributed by atoms with Crippen molar-refractivity contribution in [3.05, 3.63) is 58.6 Å². The highest BCUT2D eigenvalue weighted by molar-refractivity contribution is 7.18. The summed E-state index contributed by atoms with van der Waals surface area (Å²) < 4.78 is 1.22. The highest BCUT2D eigenvalue weighted by atomic mass is 32.1. The number of rotatable bonds is 5. The Bertz CT molecular complexity index is 948. The van der Waals surface area contributed by atoms with Gasteiger partial charge in [-0.1, -0.05) is 43.7 Å². The number of nitrogens with one attached hydrogen (secondary N) is 1. The molecule has 0 bridgehead atoms. The normalized spacial score (nSPS) is 17.7. The minimum Gasteiger partial charge on any atom is -0.324 e. The van der Waals surface area contributed by atoms with Gasteiger partial charge >= 0.3 is 0 Å². The van der Waals surface area contributed by atoms with E-state index in [4.69, 9.17) is 4.98 Å². The summed E-state index contributed by atoms with van der Waals surface area (Å²) in [5.74, 6) is 0.0667. The minimum absolute atomic E-state index is 0.0667. The number of likely N-dealkylation sites (tertiary alicyclic amines) is 1. The maximum absolute atomic E-state index is 12.9. The first kappa shape index (κ1) is 19.1. The van der Waals surface area contributed by atoms with Crippen molar-refractivity contribution in [2.45, 2.75) is 45.6 Å². The molecule has 1 atom stereocenters. The third kappa shape index (κ3) is 3.96. The molecule has 2 aromatic carbocycles. The number of carbonyl (C=O) groups is 1. The standard InChI is InChI=1S/C23H27N3OS/c1-3-17-10-8-9-16(2)22(17)25-21(27)15-26-14-7-6-12-19(26)23-24-18-11-4-5-13-20(18)28-23/h4-5,8-11,13,19H,3,6-7,12,14-15H2,1-2H3,(H,25,27)/t19-/m0/s1. The quantitative estimate of drug-likeness (QED) is 0.637. The van der Waals surface area contributed by atoms with Crippen LogP contribution in [0.1, 0.15) is 48.4 Å². The number of para-hydroxylation sites is 2. The van der Waals surface area contributed by atoms with Gasteiger partial charge in [0, 0.05) is 5.69 Å². The molecular weight excluding hydrogens is 366 g/mol. The molecule has 4 rings (SSSR count). The maximum Gasteiger partial charge on any atom is 0.238 e. The number of hydrogen-bond donors (Lipinski definition) is 1. The van der Waals surface area contributed by atoms with Gasteiger partial charge in [-0.2, -0.15) is 0 Å².